The third-order valence-electron chi connectivity index (χ3n) is 2.90. The van der Waals surface area contributed by atoms with Gasteiger partial charge >= 0.3 is 0 Å². The number of nitrogens with one attached hydrogen (secondary N) is 1. The molecule has 0 atom stereocenters. The van der Waals surface area contributed by atoms with E-state index >= 15 is 0 Å². The minimum atomic E-state index is -1.51. The van der Waals surface area contributed by atoms with Gasteiger partial charge in [0, 0.05) is 3.57 Å². The van der Waals surface area contributed by atoms with Crippen molar-refractivity contribution in [1.82, 2.24) is 9.55 Å². The second kappa shape index (κ2) is 4.88. The van der Waals surface area contributed by atoms with Crippen LogP contribution in [0.25, 0.3) is 16.7 Å². The van der Waals surface area contributed by atoms with Crippen LogP contribution in [0.2, 0.25) is 0 Å². The fourth-order valence-electron chi connectivity index (χ4n) is 2.01. The lowest BCUT2D eigenvalue weighted by atomic mass is 10.2. The number of rotatable bonds is 1. The van der Waals surface area contributed by atoms with Crippen molar-refractivity contribution in [2.24, 2.45) is 0 Å². The Kier molecular flexibility index (Phi) is 3.33. The van der Waals surface area contributed by atoms with Crippen LogP contribution in [-0.4, -0.2) is 9.55 Å². The zero-order chi connectivity index (χ0) is 14.4. The second-order valence-electron chi connectivity index (χ2n) is 4.12. The summed E-state index contributed by atoms with van der Waals surface area (Å²) in [6.07, 6.45) is 0. The number of hydrogen-bond donors (Lipinski definition) is 1. The second-order valence-corrected chi connectivity index (χ2v) is 5.75. The van der Waals surface area contributed by atoms with Gasteiger partial charge in [0.15, 0.2) is 22.2 Å². The van der Waals surface area contributed by atoms with E-state index in [0.717, 1.165) is 15.7 Å². The smallest absolute Gasteiger partial charge is 0.196 e. The highest BCUT2D eigenvalue weighted by Gasteiger charge is 2.17. The van der Waals surface area contributed by atoms with E-state index in [1.54, 1.807) is 6.07 Å². The average Bonchev–Trinajstić information content (AvgIpc) is 2.72. The molecule has 1 aromatic heterocycles. The first kappa shape index (κ1) is 13.6. The molecule has 2 nitrogen and oxygen atoms in total. The minimum Gasteiger partial charge on any atom is -0.330 e. The predicted molar refractivity (Wildman–Crippen MR) is 81.1 cm³/mol. The lowest BCUT2D eigenvalue weighted by molar-refractivity contribution is 0.445. The SMILES string of the molecule is Fc1ccc(-n2c(=S)[nH]c3cc(I)ccc32)c(F)c1F. The van der Waals surface area contributed by atoms with Crippen LogP contribution in [0, 0.1) is 25.8 Å². The summed E-state index contributed by atoms with van der Waals surface area (Å²) in [5, 5.41) is 0. The maximum Gasteiger partial charge on any atom is 0.196 e. The molecule has 0 saturated carbocycles. The van der Waals surface area contributed by atoms with Gasteiger partial charge in [0.1, 0.15) is 0 Å². The highest BCUT2D eigenvalue weighted by Crippen LogP contribution is 2.25. The van der Waals surface area contributed by atoms with Gasteiger partial charge in [0.25, 0.3) is 0 Å². The molecule has 102 valence electrons. The van der Waals surface area contributed by atoms with Gasteiger partial charge in [-0.2, -0.15) is 0 Å². The Balaban J connectivity index is 2.38. The Bertz CT molecular complexity index is 885. The third-order valence-corrected chi connectivity index (χ3v) is 3.86. The number of fused-ring (bicyclic) bond motifs is 1. The largest absolute Gasteiger partial charge is 0.330 e. The van der Waals surface area contributed by atoms with E-state index < -0.39 is 17.5 Å². The Morgan fingerprint density at radius 2 is 1.80 bits per heavy atom. The van der Waals surface area contributed by atoms with Crippen LogP contribution in [-0.2, 0) is 0 Å². The summed E-state index contributed by atoms with van der Waals surface area (Å²) >= 11 is 7.27. The standard InChI is InChI=1S/C13H6F3IN2S/c14-7-2-4-10(12(16)11(7)15)19-9-3-1-6(17)5-8(9)18-13(19)20/h1-5H,(H,18,20). The monoisotopic (exact) mass is 406 g/mol. The third kappa shape index (κ3) is 2.05. The summed E-state index contributed by atoms with van der Waals surface area (Å²) in [7, 11) is 0. The fraction of sp³-hybridized carbons (Fsp3) is 0. The van der Waals surface area contributed by atoms with Crippen LogP contribution in [0.3, 0.4) is 0 Å². The molecule has 0 unspecified atom stereocenters. The van der Waals surface area contributed by atoms with Gasteiger partial charge < -0.3 is 4.98 Å². The van der Waals surface area contributed by atoms with Crippen molar-refractivity contribution in [3.63, 3.8) is 0 Å². The molecule has 0 aliphatic rings. The van der Waals surface area contributed by atoms with E-state index in [1.807, 2.05) is 12.1 Å². The molecule has 0 bridgehead atoms. The van der Waals surface area contributed by atoms with E-state index in [2.05, 4.69) is 27.6 Å². The fourth-order valence-corrected chi connectivity index (χ4v) is 2.81. The molecule has 1 heterocycles. The first-order chi connectivity index (χ1) is 9.49. The van der Waals surface area contributed by atoms with Crippen LogP contribution in [0.1, 0.15) is 0 Å². The van der Waals surface area contributed by atoms with Crippen molar-refractivity contribution in [3.05, 3.63) is 56.1 Å². The molecule has 3 rings (SSSR count). The number of imidazole rings is 1. The highest BCUT2D eigenvalue weighted by molar-refractivity contribution is 14.1. The molecule has 1 N–H and O–H groups in total. The predicted octanol–water partition coefficient (Wildman–Crippen LogP) is 4.71. The number of H-pyrrole nitrogens is 1. The number of aromatic nitrogens is 2. The number of benzene rings is 2. The summed E-state index contributed by atoms with van der Waals surface area (Å²) in [5.74, 6) is -4.00. The molecule has 0 fully saturated rings. The molecule has 7 heteroatoms. The summed E-state index contributed by atoms with van der Waals surface area (Å²) in [4.78, 5) is 2.92. The van der Waals surface area contributed by atoms with E-state index in [9.17, 15) is 13.2 Å². The number of aromatic amines is 1. The van der Waals surface area contributed by atoms with Crippen molar-refractivity contribution in [2.75, 3.05) is 0 Å². The van der Waals surface area contributed by atoms with Crippen LogP contribution in [0.4, 0.5) is 13.2 Å². The van der Waals surface area contributed by atoms with Gasteiger partial charge in [-0.3, -0.25) is 4.57 Å². The number of nitrogens with zero attached hydrogens (tertiary/aromatic N) is 1. The van der Waals surface area contributed by atoms with E-state index in [4.69, 9.17) is 12.2 Å². The molecular weight excluding hydrogens is 400 g/mol. The summed E-state index contributed by atoms with van der Waals surface area (Å²) < 4.78 is 42.8. The van der Waals surface area contributed by atoms with Crippen LogP contribution < -0.4 is 0 Å². The normalized spacial score (nSPS) is 11.2. The van der Waals surface area contributed by atoms with Gasteiger partial charge in [0.2, 0.25) is 0 Å². The van der Waals surface area contributed by atoms with Gasteiger partial charge in [0.05, 0.1) is 16.7 Å². The van der Waals surface area contributed by atoms with Crippen molar-refractivity contribution in [2.45, 2.75) is 0 Å². The maximum atomic E-state index is 13.9. The molecule has 0 aliphatic carbocycles. The topological polar surface area (TPSA) is 20.7 Å². The zero-order valence-electron chi connectivity index (χ0n) is 9.75. The van der Waals surface area contributed by atoms with Gasteiger partial charge in [-0.15, -0.1) is 0 Å². The van der Waals surface area contributed by atoms with Crippen LogP contribution in [0.5, 0.6) is 0 Å². The Hall–Kier alpha value is -1.35. The maximum absolute atomic E-state index is 13.9. The Morgan fingerprint density at radius 3 is 2.55 bits per heavy atom. The summed E-state index contributed by atoms with van der Waals surface area (Å²) in [6, 6.07) is 7.43. The zero-order valence-corrected chi connectivity index (χ0v) is 12.7. The van der Waals surface area contributed by atoms with Crippen molar-refractivity contribution in [1.29, 1.82) is 0 Å². The van der Waals surface area contributed by atoms with Gasteiger partial charge in [-0.25, -0.2) is 13.2 Å². The molecule has 2 aromatic carbocycles. The van der Waals surface area contributed by atoms with Crippen molar-refractivity contribution >= 4 is 45.8 Å². The summed E-state index contributed by atoms with van der Waals surface area (Å²) in [6.45, 7) is 0. The van der Waals surface area contributed by atoms with Crippen molar-refractivity contribution in [3.8, 4) is 5.69 Å². The number of hydrogen-bond acceptors (Lipinski definition) is 1. The van der Waals surface area contributed by atoms with Gasteiger partial charge in [-0.05, 0) is 65.1 Å². The van der Waals surface area contributed by atoms with Crippen molar-refractivity contribution < 1.29 is 13.2 Å². The molecule has 0 saturated heterocycles. The molecule has 0 aliphatic heterocycles. The molecule has 0 amide bonds. The first-order valence-electron chi connectivity index (χ1n) is 5.53. The van der Waals surface area contributed by atoms with Gasteiger partial charge in [-0.1, -0.05) is 0 Å². The lowest BCUT2D eigenvalue weighted by Crippen LogP contribution is -2.02. The lowest BCUT2D eigenvalue weighted by Gasteiger charge is -2.07. The molecule has 3 aromatic rings. The Labute approximate surface area is 130 Å². The molecular formula is C13H6F3IN2S. The van der Waals surface area contributed by atoms with Crippen LogP contribution in [0.15, 0.2) is 30.3 Å². The molecule has 0 spiro atoms. The minimum absolute atomic E-state index is 0.124. The highest BCUT2D eigenvalue weighted by atomic mass is 127. The summed E-state index contributed by atoms with van der Waals surface area (Å²) in [5.41, 5.74) is 1.17. The van der Waals surface area contributed by atoms with E-state index in [1.165, 1.54) is 4.57 Å². The molecule has 0 radical (unpaired) electrons. The van der Waals surface area contributed by atoms with E-state index in [0.29, 0.717) is 11.0 Å². The van der Waals surface area contributed by atoms with E-state index in [-0.39, 0.29) is 10.5 Å². The first-order valence-corrected chi connectivity index (χ1v) is 7.02. The average molecular weight is 406 g/mol. The van der Waals surface area contributed by atoms with Crippen LogP contribution >= 0.6 is 34.8 Å². The number of halogens is 4. The Morgan fingerprint density at radius 1 is 1.05 bits per heavy atom. The molecule has 20 heavy (non-hydrogen) atoms. The quantitative estimate of drug-likeness (QED) is 0.353.